The van der Waals surface area contributed by atoms with E-state index in [0.29, 0.717) is 18.0 Å². The highest BCUT2D eigenvalue weighted by Gasteiger charge is 2.31. The minimum absolute atomic E-state index is 0. The van der Waals surface area contributed by atoms with Gasteiger partial charge >= 0.3 is 0 Å². The van der Waals surface area contributed by atoms with Gasteiger partial charge in [0, 0.05) is 31.2 Å². The van der Waals surface area contributed by atoms with Crippen LogP contribution >= 0.6 is 24.8 Å². The highest BCUT2D eigenvalue weighted by Crippen LogP contribution is 2.32. The molecule has 1 unspecified atom stereocenters. The summed E-state index contributed by atoms with van der Waals surface area (Å²) >= 11 is 0. The smallest absolute Gasteiger partial charge is 0.253 e. The van der Waals surface area contributed by atoms with Crippen molar-refractivity contribution in [3.05, 3.63) is 36.3 Å². The average molecular weight is 317 g/mol. The number of pyridine rings is 1. The molecule has 0 spiro atoms. The number of imidazole rings is 1. The van der Waals surface area contributed by atoms with Gasteiger partial charge in [-0.15, -0.1) is 24.8 Å². The molecule has 0 saturated heterocycles. The van der Waals surface area contributed by atoms with E-state index in [0.717, 1.165) is 5.65 Å². The van der Waals surface area contributed by atoms with E-state index in [1.807, 2.05) is 16.7 Å². The van der Waals surface area contributed by atoms with Gasteiger partial charge in [0.15, 0.2) is 0 Å². The molecule has 1 atom stereocenters. The van der Waals surface area contributed by atoms with Crippen LogP contribution in [-0.4, -0.2) is 27.9 Å². The molecule has 110 valence electrons. The Bertz CT molecular complexity index is 583. The molecule has 20 heavy (non-hydrogen) atoms. The second kappa shape index (κ2) is 6.92. The first-order valence-electron chi connectivity index (χ1n) is 6.21. The number of amides is 1. The van der Waals surface area contributed by atoms with Gasteiger partial charge in [-0.25, -0.2) is 4.98 Å². The summed E-state index contributed by atoms with van der Waals surface area (Å²) in [6, 6.07) is 3.73. The lowest BCUT2D eigenvalue weighted by Crippen LogP contribution is -2.41. The molecule has 3 N–H and O–H groups in total. The lowest BCUT2D eigenvalue weighted by Gasteiger charge is -2.15. The number of carbonyl (C=O) groups is 1. The summed E-state index contributed by atoms with van der Waals surface area (Å²) in [4.78, 5) is 16.3. The molecule has 2 heterocycles. The van der Waals surface area contributed by atoms with Gasteiger partial charge < -0.3 is 15.5 Å². The minimum atomic E-state index is -0.0621. The zero-order valence-electron chi connectivity index (χ0n) is 10.9. The molecule has 2 aromatic rings. The molecule has 0 radical (unpaired) electrons. The zero-order chi connectivity index (χ0) is 12.5. The molecule has 2 aromatic heterocycles. The number of carbonyl (C=O) groups excluding carboxylic acids is 1. The van der Waals surface area contributed by atoms with Crippen LogP contribution in [0.2, 0.25) is 0 Å². The molecule has 0 aromatic carbocycles. The van der Waals surface area contributed by atoms with Crippen LogP contribution in [0.25, 0.3) is 5.65 Å². The van der Waals surface area contributed by atoms with Crippen molar-refractivity contribution in [3.8, 4) is 0 Å². The van der Waals surface area contributed by atoms with Crippen molar-refractivity contribution >= 4 is 36.4 Å². The van der Waals surface area contributed by atoms with Gasteiger partial charge in [-0.3, -0.25) is 4.79 Å². The van der Waals surface area contributed by atoms with E-state index in [2.05, 4.69) is 10.3 Å². The maximum absolute atomic E-state index is 12.1. The molecule has 1 aliphatic carbocycles. The van der Waals surface area contributed by atoms with Gasteiger partial charge in [0.1, 0.15) is 5.65 Å². The van der Waals surface area contributed by atoms with Gasteiger partial charge in [0.2, 0.25) is 0 Å². The fraction of sp³-hybridized carbons (Fsp3) is 0.385. The Morgan fingerprint density at radius 3 is 2.85 bits per heavy atom. The fourth-order valence-electron chi connectivity index (χ4n) is 2.17. The second-order valence-electron chi connectivity index (χ2n) is 4.76. The van der Waals surface area contributed by atoms with Gasteiger partial charge in [-0.1, -0.05) is 0 Å². The van der Waals surface area contributed by atoms with E-state index in [1.165, 1.54) is 12.8 Å². The van der Waals surface area contributed by atoms with E-state index in [-0.39, 0.29) is 36.8 Å². The van der Waals surface area contributed by atoms with Crippen molar-refractivity contribution in [2.45, 2.75) is 18.9 Å². The Labute approximate surface area is 129 Å². The first-order valence-corrected chi connectivity index (χ1v) is 6.21. The summed E-state index contributed by atoms with van der Waals surface area (Å²) in [7, 11) is 0. The van der Waals surface area contributed by atoms with Crippen molar-refractivity contribution in [3.63, 3.8) is 0 Å². The molecule has 1 aliphatic rings. The second-order valence-corrected chi connectivity index (χ2v) is 4.76. The van der Waals surface area contributed by atoms with Crippen LogP contribution < -0.4 is 11.1 Å². The van der Waals surface area contributed by atoms with Crippen molar-refractivity contribution in [2.24, 2.45) is 11.7 Å². The van der Waals surface area contributed by atoms with Crippen molar-refractivity contribution in [1.29, 1.82) is 0 Å². The van der Waals surface area contributed by atoms with Crippen LogP contribution in [0.4, 0.5) is 0 Å². The SMILES string of the molecule is Cl.Cl.NCC(NC(=O)c1ccc2nccn2c1)C1CC1. The lowest BCUT2D eigenvalue weighted by atomic mass is 10.1. The van der Waals surface area contributed by atoms with Crippen LogP contribution in [0.15, 0.2) is 30.7 Å². The molecule has 0 aliphatic heterocycles. The van der Waals surface area contributed by atoms with Crippen LogP contribution in [0, 0.1) is 5.92 Å². The van der Waals surface area contributed by atoms with Gasteiger partial charge in [-0.05, 0) is 30.9 Å². The fourth-order valence-corrected chi connectivity index (χ4v) is 2.17. The molecule has 5 nitrogen and oxygen atoms in total. The predicted octanol–water partition coefficient (Wildman–Crippen LogP) is 1.65. The Kier molecular flexibility index (Phi) is 5.80. The maximum atomic E-state index is 12.1. The number of nitrogens with one attached hydrogen (secondary N) is 1. The largest absolute Gasteiger partial charge is 0.348 e. The van der Waals surface area contributed by atoms with Crippen LogP contribution in [0.1, 0.15) is 23.2 Å². The average Bonchev–Trinajstić information content (AvgIpc) is 3.12. The third-order valence-corrected chi connectivity index (χ3v) is 3.41. The predicted molar refractivity (Wildman–Crippen MR) is 82.7 cm³/mol. The Hall–Kier alpha value is -1.30. The van der Waals surface area contributed by atoms with E-state index in [9.17, 15) is 4.79 Å². The lowest BCUT2D eigenvalue weighted by molar-refractivity contribution is 0.0933. The van der Waals surface area contributed by atoms with E-state index >= 15 is 0 Å². The maximum Gasteiger partial charge on any atom is 0.253 e. The van der Waals surface area contributed by atoms with E-state index in [1.54, 1.807) is 18.5 Å². The number of hydrogen-bond donors (Lipinski definition) is 2. The first-order chi connectivity index (χ1) is 8.78. The monoisotopic (exact) mass is 316 g/mol. The van der Waals surface area contributed by atoms with Crippen molar-refractivity contribution < 1.29 is 4.79 Å². The van der Waals surface area contributed by atoms with Crippen LogP contribution in [-0.2, 0) is 0 Å². The number of rotatable bonds is 4. The molecular formula is C13H18Cl2N4O. The highest BCUT2D eigenvalue weighted by atomic mass is 35.5. The summed E-state index contributed by atoms with van der Waals surface area (Å²) in [5.41, 5.74) is 7.16. The molecule has 7 heteroatoms. The van der Waals surface area contributed by atoms with Gasteiger partial charge in [0.25, 0.3) is 5.91 Å². The van der Waals surface area contributed by atoms with Crippen molar-refractivity contribution in [1.82, 2.24) is 14.7 Å². The molecule has 1 fully saturated rings. The van der Waals surface area contributed by atoms with Crippen LogP contribution in [0.3, 0.4) is 0 Å². The first kappa shape index (κ1) is 16.8. The Balaban J connectivity index is 0.000001000. The summed E-state index contributed by atoms with van der Waals surface area (Å²) < 4.78 is 1.84. The normalized spacial score (nSPS) is 15.1. The summed E-state index contributed by atoms with van der Waals surface area (Å²) in [6.45, 7) is 0.504. The zero-order valence-corrected chi connectivity index (χ0v) is 12.5. The Morgan fingerprint density at radius 1 is 1.45 bits per heavy atom. The Morgan fingerprint density at radius 2 is 2.20 bits per heavy atom. The molecule has 1 saturated carbocycles. The van der Waals surface area contributed by atoms with Gasteiger partial charge in [-0.2, -0.15) is 0 Å². The topological polar surface area (TPSA) is 72.4 Å². The quantitative estimate of drug-likeness (QED) is 0.900. The summed E-state index contributed by atoms with van der Waals surface area (Å²) in [6.07, 6.45) is 7.67. The standard InChI is InChI=1S/C13H16N4O.2ClH/c14-7-11(9-1-2-9)16-13(18)10-3-4-12-15-5-6-17(12)8-10;;/h3-6,8-9,11H,1-2,7,14H2,(H,16,18);2*1H. The number of aromatic nitrogens is 2. The third-order valence-electron chi connectivity index (χ3n) is 3.41. The molecule has 1 amide bonds. The number of nitrogens with zero attached hydrogens (tertiary/aromatic N) is 2. The number of halogens is 2. The van der Waals surface area contributed by atoms with E-state index < -0.39 is 0 Å². The number of fused-ring (bicyclic) bond motifs is 1. The van der Waals surface area contributed by atoms with E-state index in [4.69, 9.17) is 5.73 Å². The molecule has 3 rings (SSSR count). The summed E-state index contributed by atoms with van der Waals surface area (Å²) in [5.74, 6) is 0.504. The van der Waals surface area contributed by atoms with Crippen molar-refractivity contribution in [2.75, 3.05) is 6.54 Å². The number of hydrogen-bond acceptors (Lipinski definition) is 3. The summed E-state index contributed by atoms with van der Waals surface area (Å²) in [5, 5.41) is 3.00. The number of nitrogens with two attached hydrogens (primary N) is 1. The van der Waals surface area contributed by atoms with Gasteiger partial charge in [0.05, 0.1) is 5.56 Å². The third kappa shape index (κ3) is 3.42. The molecule has 0 bridgehead atoms. The van der Waals surface area contributed by atoms with Crippen LogP contribution in [0.5, 0.6) is 0 Å². The minimum Gasteiger partial charge on any atom is -0.348 e. The highest BCUT2D eigenvalue weighted by molar-refractivity contribution is 5.94. The molecular weight excluding hydrogens is 299 g/mol.